The van der Waals surface area contributed by atoms with E-state index in [2.05, 4.69) is 5.32 Å². The summed E-state index contributed by atoms with van der Waals surface area (Å²) in [6.07, 6.45) is 0.768. The lowest BCUT2D eigenvalue weighted by Gasteiger charge is -2.23. The number of carbonyl (C=O) groups excluding carboxylic acids is 1. The van der Waals surface area contributed by atoms with Crippen LogP contribution in [0.2, 0.25) is 0 Å². The highest BCUT2D eigenvalue weighted by molar-refractivity contribution is 5.76. The number of carboxylic acid groups (broad SMARTS) is 1. The van der Waals surface area contributed by atoms with Gasteiger partial charge in [0.05, 0.1) is 12.5 Å². The summed E-state index contributed by atoms with van der Waals surface area (Å²) in [4.78, 5) is 24.3. The summed E-state index contributed by atoms with van der Waals surface area (Å²) >= 11 is 0. The normalized spacial score (nSPS) is 13.5. The molecule has 0 saturated carbocycles. The summed E-state index contributed by atoms with van der Waals surface area (Å²) in [7, 11) is 3.09. The number of aliphatic carboxylic acids is 1. The molecule has 7 nitrogen and oxygen atoms in total. The van der Waals surface area contributed by atoms with Gasteiger partial charge >= 0.3 is 12.0 Å². The minimum absolute atomic E-state index is 0.124. The zero-order valence-electron chi connectivity index (χ0n) is 13.5. The SMILES string of the molecule is CCc1ccc(C(COC)NC(=O)N(C)CC(C)C(=O)O)o1. The van der Waals surface area contributed by atoms with Crippen molar-refractivity contribution >= 4 is 12.0 Å². The second kappa shape index (κ2) is 8.43. The maximum Gasteiger partial charge on any atom is 0.317 e. The number of methoxy groups -OCH3 is 1. The third-order valence-corrected chi connectivity index (χ3v) is 3.32. The lowest BCUT2D eigenvalue weighted by Crippen LogP contribution is -2.43. The highest BCUT2D eigenvalue weighted by atomic mass is 16.5. The number of nitrogens with zero attached hydrogens (tertiary/aromatic N) is 1. The summed E-state index contributed by atoms with van der Waals surface area (Å²) < 4.78 is 10.8. The van der Waals surface area contributed by atoms with Crippen LogP contribution in [-0.4, -0.2) is 49.3 Å². The van der Waals surface area contributed by atoms with Crippen molar-refractivity contribution in [2.24, 2.45) is 5.92 Å². The molecule has 0 saturated heterocycles. The largest absolute Gasteiger partial charge is 0.481 e. The van der Waals surface area contributed by atoms with Gasteiger partial charge in [-0.3, -0.25) is 4.79 Å². The van der Waals surface area contributed by atoms with Crippen molar-refractivity contribution < 1.29 is 23.8 Å². The zero-order valence-corrected chi connectivity index (χ0v) is 13.5. The van der Waals surface area contributed by atoms with Crippen LogP contribution < -0.4 is 5.32 Å². The van der Waals surface area contributed by atoms with Crippen LogP contribution in [0.15, 0.2) is 16.5 Å². The van der Waals surface area contributed by atoms with Crippen molar-refractivity contribution in [2.45, 2.75) is 26.3 Å². The lowest BCUT2D eigenvalue weighted by atomic mass is 10.2. The van der Waals surface area contributed by atoms with E-state index >= 15 is 0 Å². The zero-order chi connectivity index (χ0) is 16.7. The molecule has 7 heteroatoms. The molecule has 1 rings (SSSR count). The Labute approximate surface area is 130 Å². The Morgan fingerprint density at radius 2 is 2.14 bits per heavy atom. The summed E-state index contributed by atoms with van der Waals surface area (Å²) in [5, 5.41) is 11.7. The average Bonchev–Trinajstić information content (AvgIpc) is 2.95. The van der Waals surface area contributed by atoms with E-state index in [0.717, 1.165) is 12.2 Å². The van der Waals surface area contributed by atoms with Gasteiger partial charge in [0.1, 0.15) is 17.6 Å². The van der Waals surface area contributed by atoms with Crippen LogP contribution in [0.4, 0.5) is 4.79 Å². The van der Waals surface area contributed by atoms with Crippen molar-refractivity contribution in [1.29, 1.82) is 0 Å². The van der Waals surface area contributed by atoms with Crippen LogP contribution in [0.1, 0.15) is 31.4 Å². The van der Waals surface area contributed by atoms with Gasteiger partial charge in [-0.25, -0.2) is 4.79 Å². The van der Waals surface area contributed by atoms with Crippen LogP contribution in [-0.2, 0) is 16.0 Å². The Morgan fingerprint density at radius 1 is 1.45 bits per heavy atom. The molecule has 0 aromatic carbocycles. The van der Waals surface area contributed by atoms with Gasteiger partial charge in [-0.05, 0) is 12.1 Å². The number of urea groups is 1. The van der Waals surface area contributed by atoms with E-state index in [9.17, 15) is 9.59 Å². The number of nitrogens with one attached hydrogen (secondary N) is 1. The first-order chi connectivity index (χ1) is 10.4. The Bertz CT molecular complexity index is 500. The van der Waals surface area contributed by atoms with E-state index in [1.54, 1.807) is 21.1 Å². The molecule has 0 bridgehead atoms. The first-order valence-corrected chi connectivity index (χ1v) is 7.21. The highest BCUT2D eigenvalue weighted by Crippen LogP contribution is 2.18. The predicted octanol–water partition coefficient (Wildman–Crippen LogP) is 1.89. The minimum Gasteiger partial charge on any atom is -0.481 e. The van der Waals surface area contributed by atoms with Crippen molar-refractivity contribution in [3.05, 3.63) is 23.7 Å². The maximum atomic E-state index is 12.2. The molecule has 22 heavy (non-hydrogen) atoms. The number of aryl methyl sites for hydroxylation is 1. The number of ether oxygens (including phenoxy) is 1. The van der Waals surface area contributed by atoms with Gasteiger partial charge in [0, 0.05) is 27.1 Å². The monoisotopic (exact) mass is 312 g/mol. The quantitative estimate of drug-likeness (QED) is 0.765. The van der Waals surface area contributed by atoms with Crippen molar-refractivity contribution in [2.75, 3.05) is 27.3 Å². The fourth-order valence-electron chi connectivity index (χ4n) is 1.96. The summed E-state index contributed by atoms with van der Waals surface area (Å²) in [6.45, 7) is 3.93. The molecule has 2 atom stereocenters. The van der Waals surface area contributed by atoms with Gasteiger partial charge in [-0.2, -0.15) is 0 Å². The van der Waals surface area contributed by atoms with E-state index in [0.29, 0.717) is 5.76 Å². The second-order valence-corrected chi connectivity index (χ2v) is 5.23. The molecule has 2 amide bonds. The first-order valence-electron chi connectivity index (χ1n) is 7.21. The summed E-state index contributed by atoms with van der Waals surface area (Å²) in [5.41, 5.74) is 0. The lowest BCUT2D eigenvalue weighted by molar-refractivity contribution is -0.141. The third kappa shape index (κ3) is 5.07. The van der Waals surface area contributed by atoms with Crippen LogP contribution in [0, 0.1) is 5.92 Å². The second-order valence-electron chi connectivity index (χ2n) is 5.23. The van der Waals surface area contributed by atoms with E-state index in [1.807, 2.05) is 19.1 Å². The third-order valence-electron chi connectivity index (χ3n) is 3.32. The molecule has 1 aromatic heterocycles. The topological polar surface area (TPSA) is 92.0 Å². The van der Waals surface area contributed by atoms with Gasteiger partial charge in [0.25, 0.3) is 0 Å². The van der Waals surface area contributed by atoms with Gasteiger partial charge in [-0.1, -0.05) is 13.8 Å². The molecule has 2 unspecified atom stereocenters. The van der Waals surface area contributed by atoms with Gasteiger partial charge in [0.2, 0.25) is 0 Å². The number of hydrogen-bond donors (Lipinski definition) is 2. The number of carbonyl (C=O) groups is 2. The van der Waals surface area contributed by atoms with Crippen LogP contribution in [0.25, 0.3) is 0 Å². The number of carboxylic acids is 1. The van der Waals surface area contributed by atoms with E-state index in [1.165, 1.54) is 4.90 Å². The molecule has 0 aliphatic rings. The van der Waals surface area contributed by atoms with Gasteiger partial charge in [-0.15, -0.1) is 0 Å². The average molecular weight is 312 g/mol. The highest BCUT2D eigenvalue weighted by Gasteiger charge is 2.22. The molecule has 0 aliphatic carbocycles. The van der Waals surface area contributed by atoms with E-state index in [-0.39, 0.29) is 19.2 Å². The van der Waals surface area contributed by atoms with E-state index in [4.69, 9.17) is 14.3 Å². The summed E-state index contributed by atoms with van der Waals surface area (Å²) in [6, 6.07) is 2.88. The fraction of sp³-hybridized carbons (Fsp3) is 0.600. The van der Waals surface area contributed by atoms with Gasteiger partial charge < -0.3 is 24.5 Å². The van der Waals surface area contributed by atoms with Crippen molar-refractivity contribution in [1.82, 2.24) is 10.2 Å². The molecule has 0 aliphatic heterocycles. The first kappa shape index (κ1) is 18.0. The predicted molar refractivity (Wildman–Crippen MR) is 80.7 cm³/mol. The smallest absolute Gasteiger partial charge is 0.317 e. The molecule has 1 heterocycles. The number of rotatable bonds is 8. The molecule has 0 fully saturated rings. The molecule has 1 aromatic rings. The number of furan rings is 1. The minimum atomic E-state index is -0.938. The van der Waals surface area contributed by atoms with Crippen molar-refractivity contribution in [3.63, 3.8) is 0 Å². The Kier molecular flexibility index (Phi) is 6.91. The molecular weight excluding hydrogens is 288 g/mol. The summed E-state index contributed by atoms with van der Waals surface area (Å²) in [5.74, 6) is -0.122. The molecular formula is C15H24N2O5. The Hall–Kier alpha value is -2.02. The number of amides is 2. The Balaban J connectivity index is 2.69. The standard InChI is InChI=1S/C15H24N2O5/c1-5-11-6-7-13(22-11)12(9-21-4)16-15(20)17(3)8-10(2)14(18)19/h6-7,10,12H,5,8-9H2,1-4H3,(H,16,20)(H,18,19). The Morgan fingerprint density at radius 3 is 2.64 bits per heavy atom. The van der Waals surface area contributed by atoms with Gasteiger partial charge in [0.15, 0.2) is 0 Å². The molecule has 0 radical (unpaired) electrons. The molecule has 124 valence electrons. The molecule has 0 spiro atoms. The fourth-order valence-corrected chi connectivity index (χ4v) is 1.96. The van der Waals surface area contributed by atoms with Crippen LogP contribution in [0.5, 0.6) is 0 Å². The number of hydrogen-bond acceptors (Lipinski definition) is 4. The maximum absolute atomic E-state index is 12.2. The van der Waals surface area contributed by atoms with Crippen LogP contribution >= 0.6 is 0 Å². The van der Waals surface area contributed by atoms with E-state index < -0.39 is 17.9 Å². The van der Waals surface area contributed by atoms with Crippen LogP contribution in [0.3, 0.4) is 0 Å². The van der Waals surface area contributed by atoms with Crippen molar-refractivity contribution in [3.8, 4) is 0 Å². The molecule has 2 N–H and O–H groups in total.